The van der Waals surface area contributed by atoms with Crippen LogP contribution in [-0.2, 0) is 27.4 Å². The molecule has 0 unspecified atom stereocenters. The molecule has 1 fully saturated rings. The lowest BCUT2D eigenvalue weighted by Crippen LogP contribution is -2.26. The van der Waals surface area contributed by atoms with Gasteiger partial charge in [0, 0.05) is 24.9 Å². The van der Waals surface area contributed by atoms with Crippen LogP contribution in [0.15, 0.2) is 42.1 Å². The monoisotopic (exact) mass is 411 g/mol. The van der Waals surface area contributed by atoms with Crippen molar-refractivity contribution in [2.24, 2.45) is 0 Å². The first-order valence-corrected chi connectivity index (χ1v) is 10.8. The maximum atomic E-state index is 11.7. The van der Waals surface area contributed by atoms with E-state index in [2.05, 4.69) is 21.4 Å². The molecule has 0 bridgehead atoms. The lowest BCUT2D eigenvalue weighted by molar-refractivity contribution is 0.330. The second-order valence-corrected chi connectivity index (χ2v) is 8.37. The molecule has 1 aliphatic carbocycles. The molecule has 7 nitrogen and oxygen atoms in total. The molecule has 0 spiro atoms. The Bertz CT molecular complexity index is 1110. The normalized spacial score (nSPS) is 16.5. The molecule has 150 valence electrons. The van der Waals surface area contributed by atoms with Crippen LogP contribution in [0.5, 0.6) is 5.75 Å². The number of piperidine rings is 1. The van der Waals surface area contributed by atoms with Crippen molar-refractivity contribution in [3.8, 4) is 11.9 Å². The van der Waals surface area contributed by atoms with Gasteiger partial charge < -0.3 is 9.08 Å². The summed E-state index contributed by atoms with van der Waals surface area (Å²) < 4.78 is 32.7. The van der Waals surface area contributed by atoms with E-state index in [1.807, 2.05) is 12.1 Å². The van der Waals surface area contributed by atoms with Gasteiger partial charge in [-0.1, -0.05) is 17.7 Å². The Hall–Kier alpha value is -2.89. The van der Waals surface area contributed by atoms with E-state index in [1.54, 1.807) is 23.2 Å². The predicted octanol–water partition coefficient (Wildman–Crippen LogP) is 2.83. The van der Waals surface area contributed by atoms with Crippen LogP contribution in [0.25, 0.3) is 5.57 Å². The van der Waals surface area contributed by atoms with Crippen molar-refractivity contribution < 1.29 is 16.8 Å². The number of hydrogen-bond acceptors (Lipinski definition) is 7. The lowest BCUT2D eigenvalue weighted by Gasteiger charge is -2.26. The van der Waals surface area contributed by atoms with Crippen LogP contribution in [-0.4, -0.2) is 38.5 Å². The molecule has 1 saturated heterocycles. The molecule has 0 radical (unpaired) electrons. The number of aryl methyl sites for hydroxylation is 2. The maximum Gasteiger partial charge on any atom is 0.448 e. The Kier molecular flexibility index (Phi) is 5.26. The zero-order valence-corrected chi connectivity index (χ0v) is 16.9. The topological polar surface area (TPSA) is 92.5 Å². The summed E-state index contributed by atoms with van der Waals surface area (Å²) >= 11 is 0. The van der Waals surface area contributed by atoms with Crippen molar-refractivity contribution >= 4 is 16.0 Å². The van der Waals surface area contributed by atoms with Gasteiger partial charge in [-0.15, -0.1) is 0 Å². The highest BCUT2D eigenvalue weighted by Gasteiger charge is 2.25. The molecule has 0 atom stereocenters. The second kappa shape index (κ2) is 7.85. The smallest absolute Gasteiger partial charge is 0.362 e. The first-order valence-electron chi connectivity index (χ1n) is 9.45. The molecule has 29 heavy (non-hydrogen) atoms. The van der Waals surface area contributed by atoms with E-state index in [-0.39, 0.29) is 5.75 Å². The van der Waals surface area contributed by atoms with Gasteiger partial charge in [-0.05, 0) is 60.6 Å². The van der Waals surface area contributed by atoms with Gasteiger partial charge in [-0.2, -0.15) is 13.7 Å². The zero-order valence-electron chi connectivity index (χ0n) is 16.1. The van der Waals surface area contributed by atoms with Crippen LogP contribution < -0.4 is 4.18 Å². The van der Waals surface area contributed by atoms with E-state index < -0.39 is 10.4 Å². The van der Waals surface area contributed by atoms with Gasteiger partial charge in [0.1, 0.15) is 5.75 Å². The van der Waals surface area contributed by atoms with Crippen LogP contribution in [0, 0.1) is 11.5 Å². The fourth-order valence-corrected chi connectivity index (χ4v) is 4.38. The van der Waals surface area contributed by atoms with Gasteiger partial charge in [-0.25, -0.2) is 4.18 Å². The van der Waals surface area contributed by atoms with Crippen LogP contribution in [0.2, 0.25) is 0 Å². The molecule has 1 aromatic carbocycles. The van der Waals surface area contributed by atoms with Crippen molar-refractivity contribution in [2.75, 3.05) is 20.2 Å². The number of pyridine rings is 1. The second-order valence-electron chi connectivity index (χ2n) is 7.05. The predicted molar refractivity (Wildman–Crippen MR) is 107 cm³/mol. The zero-order chi connectivity index (χ0) is 20.4. The van der Waals surface area contributed by atoms with Gasteiger partial charge in [0.05, 0.1) is 12.8 Å². The van der Waals surface area contributed by atoms with Gasteiger partial charge >= 0.3 is 10.4 Å². The number of nitriles is 1. The molecular weight excluding hydrogens is 390 g/mol. The minimum absolute atomic E-state index is 0.230. The average molecular weight is 411 g/mol. The van der Waals surface area contributed by atoms with Crippen LogP contribution in [0.4, 0.5) is 0 Å². The van der Waals surface area contributed by atoms with Crippen molar-refractivity contribution in [1.29, 1.82) is 5.26 Å². The SMILES string of the molecule is COS(=O)(=O)Oc1ccc2c(c1)CCc1cccnc1C2=C1CCN(C#N)CC1. The first kappa shape index (κ1) is 19.4. The molecular formula is C21H21N3O4S. The highest BCUT2D eigenvalue weighted by Crippen LogP contribution is 2.38. The Labute approximate surface area is 170 Å². The minimum Gasteiger partial charge on any atom is -0.362 e. The molecule has 0 saturated carbocycles. The molecule has 1 aliphatic heterocycles. The summed E-state index contributed by atoms with van der Waals surface area (Å²) in [6.45, 7) is 1.39. The van der Waals surface area contributed by atoms with Crippen molar-refractivity contribution in [1.82, 2.24) is 9.88 Å². The molecule has 4 rings (SSSR count). The summed E-state index contributed by atoms with van der Waals surface area (Å²) in [5.41, 5.74) is 6.58. The standard InChI is InChI=1S/C21H21N3O4S/c1-27-29(25,26)28-18-6-7-19-17(13-18)5-4-16-3-2-10-23-21(16)20(19)15-8-11-24(14-22)12-9-15/h2-3,6-7,10,13H,4-5,8-9,11-12H2,1H3. The summed E-state index contributed by atoms with van der Waals surface area (Å²) in [5, 5.41) is 9.17. The summed E-state index contributed by atoms with van der Waals surface area (Å²) in [4.78, 5) is 6.46. The number of likely N-dealkylation sites (tertiary alicyclic amines) is 1. The number of hydrogen-bond donors (Lipinski definition) is 0. The third-order valence-electron chi connectivity index (χ3n) is 5.40. The van der Waals surface area contributed by atoms with E-state index >= 15 is 0 Å². The Morgan fingerprint density at radius 2 is 1.86 bits per heavy atom. The average Bonchev–Trinajstić information content (AvgIpc) is 2.90. The number of benzene rings is 1. The molecule has 8 heteroatoms. The van der Waals surface area contributed by atoms with Gasteiger partial charge in [-0.3, -0.25) is 4.98 Å². The van der Waals surface area contributed by atoms with Crippen LogP contribution in [0.1, 0.15) is 35.2 Å². The highest BCUT2D eigenvalue weighted by molar-refractivity contribution is 7.82. The Morgan fingerprint density at radius 3 is 2.59 bits per heavy atom. The lowest BCUT2D eigenvalue weighted by atomic mass is 9.88. The number of fused-ring (bicyclic) bond motifs is 2. The third kappa shape index (κ3) is 3.97. The fraction of sp³-hybridized carbons (Fsp3) is 0.333. The highest BCUT2D eigenvalue weighted by atomic mass is 32.3. The van der Waals surface area contributed by atoms with E-state index in [0.717, 1.165) is 55.2 Å². The van der Waals surface area contributed by atoms with Crippen molar-refractivity contribution in [2.45, 2.75) is 25.7 Å². The Balaban J connectivity index is 1.82. The van der Waals surface area contributed by atoms with Gasteiger partial charge in [0.2, 0.25) is 0 Å². The summed E-state index contributed by atoms with van der Waals surface area (Å²) in [6, 6.07) is 9.34. The largest absolute Gasteiger partial charge is 0.448 e. The van der Waals surface area contributed by atoms with E-state index in [4.69, 9.17) is 9.44 Å². The van der Waals surface area contributed by atoms with Gasteiger partial charge in [0.15, 0.2) is 6.19 Å². The third-order valence-corrected chi connectivity index (χ3v) is 6.21. The van der Waals surface area contributed by atoms with Crippen LogP contribution >= 0.6 is 0 Å². The molecule has 0 N–H and O–H groups in total. The number of rotatable bonds is 3. The minimum atomic E-state index is -4.07. The maximum absolute atomic E-state index is 11.7. The molecule has 2 aromatic rings. The summed E-state index contributed by atoms with van der Waals surface area (Å²) in [5.74, 6) is 0.230. The van der Waals surface area contributed by atoms with E-state index in [9.17, 15) is 8.42 Å². The van der Waals surface area contributed by atoms with Crippen molar-refractivity contribution in [3.05, 3.63) is 64.5 Å². The van der Waals surface area contributed by atoms with Crippen LogP contribution in [0.3, 0.4) is 0 Å². The summed E-state index contributed by atoms with van der Waals surface area (Å²) in [6.07, 6.45) is 7.18. The van der Waals surface area contributed by atoms with Crippen molar-refractivity contribution in [3.63, 3.8) is 0 Å². The Morgan fingerprint density at radius 1 is 1.10 bits per heavy atom. The molecule has 1 aromatic heterocycles. The van der Waals surface area contributed by atoms with E-state index in [0.29, 0.717) is 13.1 Å². The first-order chi connectivity index (χ1) is 14.0. The summed E-state index contributed by atoms with van der Waals surface area (Å²) in [7, 11) is -3.00. The quantitative estimate of drug-likeness (QED) is 0.717. The molecule has 0 amide bonds. The number of nitrogens with zero attached hydrogens (tertiary/aromatic N) is 3. The van der Waals surface area contributed by atoms with E-state index in [1.165, 1.54) is 11.1 Å². The molecule has 2 heterocycles. The molecule has 2 aliphatic rings. The number of aromatic nitrogens is 1. The fourth-order valence-electron chi connectivity index (χ4n) is 3.97. The van der Waals surface area contributed by atoms with Gasteiger partial charge in [0.25, 0.3) is 0 Å².